The van der Waals surface area contributed by atoms with Crippen LogP contribution in [0.1, 0.15) is 19.3 Å². The summed E-state index contributed by atoms with van der Waals surface area (Å²) < 4.78 is 0. The fourth-order valence-corrected chi connectivity index (χ4v) is 1.57. The second-order valence-corrected chi connectivity index (χ2v) is 3.61. The van der Waals surface area contributed by atoms with Gasteiger partial charge in [-0.1, -0.05) is 0 Å². The monoisotopic (exact) mass is 156 g/mol. The van der Waals surface area contributed by atoms with Crippen LogP contribution in [0.5, 0.6) is 0 Å². The standard InChI is InChI=1S/C8H16N2O/c11-8-3-4-9-5-7(8)10-6-1-2-6/h6-11H,1-5H2. The molecule has 0 aromatic rings. The molecule has 0 radical (unpaired) electrons. The fraction of sp³-hybridized carbons (Fsp3) is 1.00. The third kappa shape index (κ3) is 1.92. The molecule has 2 unspecified atom stereocenters. The van der Waals surface area contributed by atoms with Gasteiger partial charge in [-0.25, -0.2) is 0 Å². The first-order valence-electron chi connectivity index (χ1n) is 4.51. The summed E-state index contributed by atoms with van der Waals surface area (Å²) in [5.41, 5.74) is 0. The third-order valence-corrected chi connectivity index (χ3v) is 2.47. The molecule has 3 heteroatoms. The molecule has 2 atom stereocenters. The Balaban J connectivity index is 1.78. The molecule has 0 bridgehead atoms. The SMILES string of the molecule is OC1CCNCC1NC1CC1. The molecule has 2 rings (SSSR count). The highest BCUT2D eigenvalue weighted by Crippen LogP contribution is 2.20. The molecule has 64 valence electrons. The molecule has 0 aromatic carbocycles. The van der Waals surface area contributed by atoms with Crippen LogP contribution in [0, 0.1) is 0 Å². The van der Waals surface area contributed by atoms with Gasteiger partial charge in [0.1, 0.15) is 0 Å². The third-order valence-electron chi connectivity index (χ3n) is 2.47. The van der Waals surface area contributed by atoms with Gasteiger partial charge in [0.2, 0.25) is 0 Å². The van der Waals surface area contributed by atoms with E-state index in [1.54, 1.807) is 0 Å². The molecule has 1 heterocycles. The van der Waals surface area contributed by atoms with Gasteiger partial charge in [-0.3, -0.25) is 0 Å². The minimum absolute atomic E-state index is 0.128. The molecule has 1 aliphatic heterocycles. The normalized spacial score (nSPS) is 39.0. The van der Waals surface area contributed by atoms with E-state index in [0.717, 1.165) is 19.5 Å². The van der Waals surface area contributed by atoms with Crippen molar-refractivity contribution in [3.05, 3.63) is 0 Å². The number of hydrogen-bond donors (Lipinski definition) is 3. The van der Waals surface area contributed by atoms with Crippen molar-refractivity contribution in [3.63, 3.8) is 0 Å². The molecule has 3 N–H and O–H groups in total. The summed E-state index contributed by atoms with van der Waals surface area (Å²) in [6.07, 6.45) is 3.36. The van der Waals surface area contributed by atoms with E-state index >= 15 is 0 Å². The topological polar surface area (TPSA) is 44.3 Å². The van der Waals surface area contributed by atoms with E-state index in [9.17, 15) is 5.11 Å². The van der Waals surface area contributed by atoms with Gasteiger partial charge >= 0.3 is 0 Å². The summed E-state index contributed by atoms with van der Waals surface area (Å²) in [5, 5.41) is 16.2. The summed E-state index contributed by atoms with van der Waals surface area (Å²) in [4.78, 5) is 0. The lowest BCUT2D eigenvalue weighted by molar-refractivity contribution is 0.0984. The number of aliphatic hydroxyl groups is 1. The smallest absolute Gasteiger partial charge is 0.0717 e. The zero-order valence-electron chi connectivity index (χ0n) is 6.71. The van der Waals surface area contributed by atoms with Crippen LogP contribution in [0.15, 0.2) is 0 Å². The van der Waals surface area contributed by atoms with E-state index in [1.807, 2.05) is 0 Å². The fourth-order valence-electron chi connectivity index (χ4n) is 1.57. The van der Waals surface area contributed by atoms with E-state index in [1.165, 1.54) is 12.8 Å². The molecular formula is C8H16N2O. The maximum absolute atomic E-state index is 9.54. The molecule has 1 aliphatic carbocycles. The highest BCUT2D eigenvalue weighted by atomic mass is 16.3. The molecule has 0 amide bonds. The Kier molecular flexibility index (Phi) is 2.11. The van der Waals surface area contributed by atoms with Crippen molar-refractivity contribution in [2.75, 3.05) is 13.1 Å². The summed E-state index contributed by atoms with van der Waals surface area (Å²) in [7, 11) is 0. The number of hydrogen-bond acceptors (Lipinski definition) is 3. The summed E-state index contributed by atoms with van der Waals surface area (Å²) in [6.45, 7) is 1.89. The van der Waals surface area contributed by atoms with Crippen molar-refractivity contribution in [2.45, 2.75) is 37.5 Å². The van der Waals surface area contributed by atoms with Crippen LogP contribution in [0.4, 0.5) is 0 Å². The van der Waals surface area contributed by atoms with Gasteiger partial charge in [0.05, 0.1) is 6.10 Å². The van der Waals surface area contributed by atoms with Crippen LogP contribution in [-0.2, 0) is 0 Å². The molecule has 0 spiro atoms. The summed E-state index contributed by atoms with van der Waals surface area (Å²) >= 11 is 0. The minimum atomic E-state index is -0.128. The average Bonchev–Trinajstić information content (AvgIpc) is 2.78. The van der Waals surface area contributed by atoms with Crippen molar-refractivity contribution in [1.29, 1.82) is 0 Å². The van der Waals surface area contributed by atoms with Gasteiger partial charge < -0.3 is 15.7 Å². The van der Waals surface area contributed by atoms with E-state index in [2.05, 4.69) is 10.6 Å². The van der Waals surface area contributed by atoms with Crippen molar-refractivity contribution in [3.8, 4) is 0 Å². The second kappa shape index (κ2) is 3.09. The summed E-state index contributed by atoms with van der Waals surface area (Å²) in [6, 6.07) is 1.01. The van der Waals surface area contributed by atoms with Gasteiger partial charge in [-0.15, -0.1) is 0 Å². The summed E-state index contributed by atoms with van der Waals surface area (Å²) in [5.74, 6) is 0. The molecule has 1 saturated heterocycles. The maximum Gasteiger partial charge on any atom is 0.0717 e. The Bertz CT molecular complexity index is 136. The van der Waals surface area contributed by atoms with Crippen LogP contribution < -0.4 is 10.6 Å². The quantitative estimate of drug-likeness (QED) is 0.503. The minimum Gasteiger partial charge on any atom is -0.391 e. The largest absolute Gasteiger partial charge is 0.391 e. The second-order valence-electron chi connectivity index (χ2n) is 3.61. The van der Waals surface area contributed by atoms with Gasteiger partial charge in [0.15, 0.2) is 0 Å². The lowest BCUT2D eigenvalue weighted by Gasteiger charge is -2.29. The predicted molar refractivity (Wildman–Crippen MR) is 43.4 cm³/mol. The molecule has 2 aliphatic rings. The average molecular weight is 156 g/mol. The van der Waals surface area contributed by atoms with Crippen LogP contribution in [0.3, 0.4) is 0 Å². The molecule has 2 fully saturated rings. The van der Waals surface area contributed by atoms with E-state index in [4.69, 9.17) is 0 Å². The highest BCUT2D eigenvalue weighted by Gasteiger charge is 2.29. The van der Waals surface area contributed by atoms with Crippen LogP contribution in [0.25, 0.3) is 0 Å². The van der Waals surface area contributed by atoms with Crippen molar-refractivity contribution in [1.82, 2.24) is 10.6 Å². The lowest BCUT2D eigenvalue weighted by Crippen LogP contribution is -2.52. The number of aliphatic hydroxyl groups excluding tert-OH is 1. The zero-order valence-corrected chi connectivity index (χ0v) is 6.71. The van der Waals surface area contributed by atoms with E-state index in [-0.39, 0.29) is 6.10 Å². The first kappa shape index (κ1) is 7.53. The lowest BCUT2D eigenvalue weighted by atomic mass is 10.0. The van der Waals surface area contributed by atoms with Crippen LogP contribution in [-0.4, -0.2) is 36.4 Å². The van der Waals surface area contributed by atoms with E-state index < -0.39 is 0 Å². The first-order chi connectivity index (χ1) is 5.36. The van der Waals surface area contributed by atoms with Gasteiger partial charge in [0, 0.05) is 18.6 Å². The van der Waals surface area contributed by atoms with Gasteiger partial charge in [-0.2, -0.15) is 0 Å². The number of rotatable bonds is 2. The van der Waals surface area contributed by atoms with Crippen molar-refractivity contribution >= 4 is 0 Å². The Labute approximate surface area is 67.2 Å². The zero-order chi connectivity index (χ0) is 7.68. The molecule has 11 heavy (non-hydrogen) atoms. The van der Waals surface area contributed by atoms with Crippen molar-refractivity contribution in [2.24, 2.45) is 0 Å². The molecule has 1 saturated carbocycles. The maximum atomic E-state index is 9.54. The molecule has 3 nitrogen and oxygen atoms in total. The molecule has 0 aromatic heterocycles. The van der Waals surface area contributed by atoms with Crippen molar-refractivity contribution < 1.29 is 5.11 Å². The Morgan fingerprint density at radius 2 is 2.09 bits per heavy atom. The van der Waals surface area contributed by atoms with E-state index in [0.29, 0.717) is 12.1 Å². The predicted octanol–water partition coefficient (Wildman–Crippen LogP) is -0.539. The molecular weight excluding hydrogens is 140 g/mol. The van der Waals surface area contributed by atoms with Gasteiger partial charge in [-0.05, 0) is 25.8 Å². The Hall–Kier alpha value is -0.120. The highest BCUT2D eigenvalue weighted by molar-refractivity contribution is 4.90. The number of nitrogens with one attached hydrogen (secondary N) is 2. The van der Waals surface area contributed by atoms with Crippen LogP contribution >= 0.6 is 0 Å². The Morgan fingerprint density at radius 3 is 2.73 bits per heavy atom. The van der Waals surface area contributed by atoms with Crippen LogP contribution in [0.2, 0.25) is 0 Å². The first-order valence-corrected chi connectivity index (χ1v) is 4.51. The Morgan fingerprint density at radius 1 is 1.27 bits per heavy atom. The number of piperidine rings is 1. The van der Waals surface area contributed by atoms with Gasteiger partial charge in [0.25, 0.3) is 0 Å².